The average molecular weight is 304 g/mol. The molecule has 0 radical (unpaired) electrons. The molecule has 0 atom stereocenters. The van der Waals surface area contributed by atoms with E-state index >= 15 is 0 Å². The van der Waals surface area contributed by atoms with Crippen molar-refractivity contribution in [2.75, 3.05) is 5.32 Å². The van der Waals surface area contributed by atoms with Crippen molar-refractivity contribution in [2.45, 2.75) is 13.1 Å². The average Bonchev–Trinajstić information content (AvgIpc) is 3.10. The van der Waals surface area contributed by atoms with Crippen LogP contribution >= 0.6 is 22.9 Å². The van der Waals surface area contributed by atoms with E-state index in [9.17, 15) is 0 Å². The van der Waals surface area contributed by atoms with Crippen LogP contribution < -0.4 is 5.32 Å². The fraction of sp³-hybridized carbons (Fsp3) is 0.133. The molecule has 0 aliphatic rings. The molecule has 3 rings (SSSR count). The van der Waals surface area contributed by atoms with Gasteiger partial charge in [0.2, 0.25) is 0 Å². The Hall–Kier alpha value is -1.78. The Labute approximate surface area is 126 Å². The van der Waals surface area contributed by atoms with Crippen LogP contribution in [0.3, 0.4) is 0 Å². The second-order valence-corrected chi connectivity index (χ2v) is 5.89. The van der Waals surface area contributed by atoms with Crippen LogP contribution in [0.15, 0.2) is 54.4 Å². The number of halogens is 1. The Morgan fingerprint density at radius 1 is 1.20 bits per heavy atom. The van der Waals surface area contributed by atoms with Gasteiger partial charge in [-0.1, -0.05) is 23.7 Å². The molecule has 0 fully saturated rings. The molecule has 2 aromatic heterocycles. The maximum Gasteiger partial charge on any atom is 0.0949 e. The number of hydrogen-bond acceptors (Lipinski definition) is 3. The summed E-state index contributed by atoms with van der Waals surface area (Å²) in [6, 6.07) is 10.4. The molecule has 2 heterocycles. The van der Waals surface area contributed by atoms with Crippen LogP contribution in [-0.4, -0.2) is 9.55 Å². The van der Waals surface area contributed by atoms with Crippen molar-refractivity contribution in [3.05, 3.63) is 69.9 Å². The Morgan fingerprint density at radius 3 is 2.70 bits per heavy atom. The number of nitrogens with one attached hydrogen (secondary N) is 1. The number of benzene rings is 1. The van der Waals surface area contributed by atoms with Crippen molar-refractivity contribution in [2.24, 2.45) is 0 Å². The molecule has 0 saturated carbocycles. The Kier molecular flexibility index (Phi) is 4.04. The van der Waals surface area contributed by atoms with Gasteiger partial charge >= 0.3 is 0 Å². The highest BCUT2D eigenvalue weighted by Gasteiger charge is 2.01. The van der Waals surface area contributed by atoms with E-state index in [0.717, 1.165) is 28.7 Å². The van der Waals surface area contributed by atoms with Crippen molar-refractivity contribution >= 4 is 28.6 Å². The van der Waals surface area contributed by atoms with Gasteiger partial charge in [-0.3, -0.25) is 0 Å². The van der Waals surface area contributed by atoms with Crippen LogP contribution in [0, 0.1) is 0 Å². The molecule has 1 N–H and O–H groups in total. The SMILES string of the molecule is Clc1ccsc1CNc1ccc(Cn2ccnc2)cc1. The highest BCUT2D eigenvalue weighted by molar-refractivity contribution is 7.10. The molecule has 20 heavy (non-hydrogen) atoms. The predicted molar refractivity (Wildman–Crippen MR) is 84.4 cm³/mol. The summed E-state index contributed by atoms with van der Waals surface area (Å²) in [5.74, 6) is 0. The van der Waals surface area contributed by atoms with E-state index < -0.39 is 0 Å². The number of thiophene rings is 1. The van der Waals surface area contributed by atoms with Gasteiger partial charge in [-0.05, 0) is 29.1 Å². The highest BCUT2D eigenvalue weighted by Crippen LogP contribution is 2.23. The molecule has 0 saturated heterocycles. The van der Waals surface area contributed by atoms with Gasteiger partial charge in [0, 0.05) is 29.5 Å². The molecule has 0 spiro atoms. The number of nitrogens with zero attached hydrogens (tertiary/aromatic N) is 2. The van der Waals surface area contributed by atoms with Crippen LogP contribution in [0.5, 0.6) is 0 Å². The minimum Gasteiger partial charge on any atom is -0.380 e. The van der Waals surface area contributed by atoms with E-state index in [1.165, 1.54) is 5.56 Å². The Balaban J connectivity index is 1.60. The van der Waals surface area contributed by atoms with Crippen LogP contribution in [-0.2, 0) is 13.1 Å². The van der Waals surface area contributed by atoms with Gasteiger partial charge in [-0.15, -0.1) is 11.3 Å². The molecule has 1 aromatic carbocycles. The van der Waals surface area contributed by atoms with Crippen LogP contribution in [0.2, 0.25) is 5.02 Å². The summed E-state index contributed by atoms with van der Waals surface area (Å²) in [6.45, 7) is 1.61. The number of rotatable bonds is 5. The third-order valence-electron chi connectivity index (χ3n) is 3.02. The summed E-state index contributed by atoms with van der Waals surface area (Å²) in [5.41, 5.74) is 2.35. The van der Waals surface area contributed by atoms with Gasteiger partial charge in [0.15, 0.2) is 0 Å². The summed E-state index contributed by atoms with van der Waals surface area (Å²) >= 11 is 7.74. The van der Waals surface area contributed by atoms with Gasteiger partial charge in [0.25, 0.3) is 0 Å². The van der Waals surface area contributed by atoms with Gasteiger partial charge in [0.05, 0.1) is 17.9 Å². The smallest absolute Gasteiger partial charge is 0.0949 e. The molecule has 0 aliphatic heterocycles. The predicted octanol–water partition coefficient (Wildman–Crippen LogP) is 4.26. The van der Waals surface area contributed by atoms with Crippen molar-refractivity contribution < 1.29 is 0 Å². The van der Waals surface area contributed by atoms with Gasteiger partial charge in [0.1, 0.15) is 0 Å². The first kappa shape index (κ1) is 13.2. The summed E-state index contributed by atoms with van der Waals surface area (Å²) in [6.07, 6.45) is 5.58. The quantitative estimate of drug-likeness (QED) is 0.763. The largest absolute Gasteiger partial charge is 0.380 e. The van der Waals surface area contributed by atoms with Crippen LogP contribution in [0.25, 0.3) is 0 Å². The third kappa shape index (κ3) is 3.21. The van der Waals surface area contributed by atoms with Crippen molar-refractivity contribution in [3.63, 3.8) is 0 Å². The minimum absolute atomic E-state index is 0.761. The summed E-state index contributed by atoms with van der Waals surface area (Å²) in [4.78, 5) is 5.20. The first-order valence-corrected chi connectivity index (χ1v) is 7.57. The zero-order chi connectivity index (χ0) is 13.8. The van der Waals surface area contributed by atoms with E-state index in [-0.39, 0.29) is 0 Å². The lowest BCUT2D eigenvalue weighted by Gasteiger charge is -2.07. The second-order valence-electron chi connectivity index (χ2n) is 4.48. The molecule has 3 aromatic rings. The first-order chi connectivity index (χ1) is 9.81. The van der Waals surface area contributed by atoms with E-state index in [0.29, 0.717) is 0 Å². The van der Waals surface area contributed by atoms with Crippen molar-refractivity contribution in [3.8, 4) is 0 Å². The summed E-state index contributed by atoms with van der Waals surface area (Å²) < 4.78 is 2.05. The third-order valence-corrected chi connectivity index (χ3v) is 4.41. The topological polar surface area (TPSA) is 29.9 Å². The second kappa shape index (κ2) is 6.11. The lowest BCUT2D eigenvalue weighted by molar-refractivity contribution is 0.797. The monoisotopic (exact) mass is 303 g/mol. The van der Waals surface area contributed by atoms with Crippen molar-refractivity contribution in [1.29, 1.82) is 0 Å². The summed E-state index contributed by atoms with van der Waals surface area (Å²) in [5, 5.41) is 6.22. The van der Waals surface area contributed by atoms with E-state index in [2.05, 4.69) is 34.6 Å². The number of anilines is 1. The lowest BCUT2D eigenvalue weighted by atomic mass is 10.2. The highest BCUT2D eigenvalue weighted by atomic mass is 35.5. The van der Waals surface area contributed by atoms with Crippen LogP contribution in [0.1, 0.15) is 10.4 Å². The molecule has 0 aliphatic carbocycles. The van der Waals surface area contributed by atoms with Crippen LogP contribution in [0.4, 0.5) is 5.69 Å². The van der Waals surface area contributed by atoms with Gasteiger partial charge in [-0.2, -0.15) is 0 Å². The zero-order valence-electron chi connectivity index (χ0n) is 10.8. The first-order valence-electron chi connectivity index (χ1n) is 6.32. The zero-order valence-corrected chi connectivity index (χ0v) is 12.4. The number of imidazole rings is 1. The normalized spacial score (nSPS) is 10.7. The lowest BCUT2D eigenvalue weighted by Crippen LogP contribution is -1.99. The number of hydrogen-bond donors (Lipinski definition) is 1. The fourth-order valence-corrected chi connectivity index (χ4v) is 3.00. The molecule has 0 unspecified atom stereocenters. The standard InChI is InChI=1S/C15H14ClN3S/c16-14-5-8-20-15(14)9-18-13-3-1-12(2-4-13)10-19-7-6-17-11-19/h1-8,11,18H,9-10H2. The molecule has 102 valence electrons. The Bertz CT molecular complexity index is 659. The molecule has 3 nitrogen and oxygen atoms in total. The molecule has 0 amide bonds. The number of aromatic nitrogens is 2. The molecule has 5 heteroatoms. The van der Waals surface area contributed by atoms with Crippen molar-refractivity contribution in [1.82, 2.24) is 9.55 Å². The van der Waals surface area contributed by atoms with Gasteiger partial charge in [-0.25, -0.2) is 4.98 Å². The maximum absolute atomic E-state index is 6.07. The minimum atomic E-state index is 0.761. The molecular formula is C15H14ClN3S. The Morgan fingerprint density at radius 2 is 2.05 bits per heavy atom. The van der Waals surface area contributed by atoms with E-state index in [1.54, 1.807) is 17.5 Å². The van der Waals surface area contributed by atoms with Gasteiger partial charge < -0.3 is 9.88 Å². The van der Waals surface area contributed by atoms with E-state index in [4.69, 9.17) is 11.6 Å². The van der Waals surface area contributed by atoms with E-state index in [1.807, 2.05) is 28.5 Å². The summed E-state index contributed by atoms with van der Waals surface area (Å²) in [7, 11) is 0. The fourth-order valence-electron chi connectivity index (χ4n) is 1.95. The molecule has 0 bridgehead atoms. The maximum atomic E-state index is 6.07. The molecular weight excluding hydrogens is 290 g/mol.